The van der Waals surface area contributed by atoms with Crippen LogP contribution in [0.4, 0.5) is 0 Å². The van der Waals surface area contributed by atoms with Crippen LogP contribution in [-0.2, 0) is 0 Å². The molecule has 106 valence electrons. The van der Waals surface area contributed by atoms with E-state index in [1.807, 2.05) is 30.3 Å². The highest BCUT2D eigenvalue weighted by Crippen LogP contribution is 2.34. The summed E-state index contributed by atoms with van der Waals surface area (Å²) < 4.78 is 0. The third kappa shape index (κ3) is 4.49. The van der Waals surface area contributed by atoms with Gasteiger partial charge in [0.1, 0.15) is 0 Å². The molecule has 0 heterocycles. The molecule has 0 aliphatic carbocycles. The lowest BCUT2D eigenvalue weighted by molar-refractivity contribution is 0.0746. The first-order chi connectivity index (χ1) is 9.00. The summed E-state index contributed by atoms with van der Waals surface area (Å²) in [6.45, 7) is 8.62. The quantitative estimate of drug-likeness (QED) is 0.445. The Kier molecular flexibility index (Phi) is 6.27. The molecular formula is C18H28O. The van der Waals surface area contributed by atoms with Gasteiger partial charge in [0.05, 0.1) is 0 Å². The van der Waals surface area contributed by atoms with Gasteiger partial charge in [0, 0.05) is 11.0 Å². The molecule has 0 N–H and O–H groups in total. The number of carbonyl (C=O) groups is 1. The van der Waals surface area contributed by atoms with Crippen LogP contribution < -0.4 is 0 Å². The summed E-state index contributed by atoms with van der Waals surface area (Å²) in [5.74, 6) is 0.702. The molecule has 1 heteroatoms. The van der Waals surface area contributed by atoms with Gasteiger partial charge in [0.25, 0.3) is 0 Å². The van der Waals surface area contributed by atoms with Gasteiger partial charge < -0.3 is 0 Å². The van der Waals surface area contributed by atoms with Crippen molar-refractivity contribution >= 4 is 5.78 Å². The Morgan fingerprint density at radius 3 is 2.32 bits per heavy atom. The van der Waals surface area contributed by atoms with Crippen LogP contribution >= 0.6 is 0 Å². The highest BCUT2D eigenvalue weighted by Gasteiger charge is 2.33. The smallest absolute Gasteiger partial charge is 0.168 e. The number of unbranched alkanes of at least 4 members (excludes halogenated alkanes) is 3. The van der Waals surface area contributed by atoms with Crippen LogP contribution in [0.2, 0.25) is 0 Å². The molecule has 0 unspecified atom stereocenters. The highest BCUT2D eigenvalue weighted by atomic mass is 16.1. The van der Waals surface area contributed by atoms with Crippen molar-refractivity contribution in [2.75, 3.05) is 0 Å². The monoisotopic (exact) mass is 260 g/mol. The van der Waals surface area contributed by atoms with Crippen molar-refractivity contribution in [1.82, 2.24) is 0 Å². The summed E-state index contributed by atoms with van der Waals surface area (Å²) in [5.41, 5.74) is 0.570. The van der Waals surface area contributed by atoms with E-state index in [9.17, 15) is 4.79 Å². The zero-order valence-corrected chi connectivity index (χ0v) is 12.9. The van der Waals surface area contributed by atoms with Crippen LogP contribution in [0.3, 0.4) is 0 Å². The van der Waals surface area contributed by atoms with Gasteiger partial charge in [0.15, 0.2) is 5.78 Å². The second kappa shape index (κ2) is 7.47. The van der Waals surface area contributed by atoms with Gasteiger partial charge in [-0.3, -0.25) is 4.79 Å². The summed E-state index contributed by atoms with van der Waals surface area (Å²) in [6.07, 6.45) is 6.24. The summed E-state index contributed by atoms with van der Waals surface area (Å²) in [7, 11) is 0. The maximum absolute atomic E-state index is 12.6. The standard InChI is InChI=1S/C18H28O/c1-5-6-7-9-12-15(2)18(3,4)17(19)16-13-10-8-11-14-16/h8,10-11,13-15H,5-7,9,12H2,1-4H3/t15-/m1/s1. The Hall–Kier alpha value is -1.11. The van der Waals surface area contributed by atoms with Crippen molar-refractivity contribution < 1.29 is 4.79 Å². The van der Waals surface area contributed by atoms with Crippen LogP contribution in [0.1, 0.15) is 70.2 Å². The van der Waals surface area contributed by atoms with Crippen LogP contribution in [0.15, 0.2) is 30.3 Å². The van der Waals surface area contributed by atoms with Crippen LogP contribution in [0.25, 0.3) is 0 Å². The molecule has 0 saturated heterocycles. The van der Waals surface area contributed by atoms with E-state index in [0.717, 1.165) is 12.0 Å². The molecular weight excluding hydrogens is 232 g/mol. The molecule has 0 saturated carbocycles. The average Bonchev–Trinajstić information content (AvgIpc) is 2.43. The number of hydrogen-bond donors (Lipinski definition) is 0. The van der Waals surface area contributed by atoms with Gasteiger partial charge in [-0.1, -0.05) is 83.7 Å². The molecule has 0 spiro atoms. The lowest BCUT2D eigenvalue weighted by Crippen LogP contribution is -2.31. The molecule has 1 nitrogen and oxygen atoms in total. The zero-order chi connectivity index (χ0) is 14.3. The van der Waals surface area contributed by atoms with E-state index in [4.69, 9.17) is 0 Å². The fourth-order valence-corrected chi connectivity index (χ4v) is 2.42. The molecule has 0 radical (unpaired) electrons. The molecule has 0 bridgehead atoms. The van der Waals surface area contributed by atoms with Crippen LogP contribution in [-0.4, -0.2) is 5.78 Å². The van der Waals surface area contributed by atoms with E-state index in [-0.39, 0.29) is 11.2 Å². The number of hydrogen-bond acceptors (Lipinski definition) is 1. The van der Waals surface area contributed by atoms with Crippen molar-refractivity contribution in [3.63, 3.8) is 0 Å². The van der Waals surface area contributed by atoms with Crippen molar-refractivity contribution in [3.05, 3.63) is 35.9 Å². The normalized spacial score (nSPS) is 13.3. The number of benzene rings is 1. The number of carbonyl (C=O) groups excluding carboxylic acids is 1. The molecule has 19 heavy (non-hydrogen) atoms. The van der Waals surface area contributed by atoms with Crippen molar-refractivity contribution in [2.24, 2.45) is 11.3 Å². The van der Waals surface area contributed by atoms with Gasteiger partial charge in [0.2, 0.25) is 0 Å². The fourth-order valence-electron chi connectivity index (χ4n) is 2.42. The Balaban J connectivity index is 2.61. The zero-order valence-electron chi connectivity index (χ0n) is 12.9. The van der Waals surface area contributed by atoms with E-state index >= 15 is 0 Å². The Labute approximate surface area is 118 Å². The van der Waals surface area contributed by atoms with Crippen molar-refractivity contribution in [1.29, 1.82) is 0 Å². The molecule has 1 rings (SSSR count). The predicted octanol–water partition coefficient (Wildman–Crippen LogP) is 5.50. The first-order valence-electron chi connectivity index (χ1n) is 7.60. The van der Waals surface area contributed by atoms with E-state index in [1.165, 1.54) is 25.7 Å². The first kappa shape index (κ1) is 15.9. The SMILES string of the molecule is CCCCCC[C@@H](C)C(C)(C)C(=O)c1ccccc1. The molecule has 0 aliphatic heterocycles. The van der Waals surface area contributed by atoms with Crippen molar-refractivity contribution in [2.45, 2.75) is 59.8 Å². The minimum Gasteiger partial charge on any atom is -0.294 e. The third-order valence-corrected chi connectivity index (χ3v) is 4.34. The Bertz CT molecular complexity index is 378. The molecule has 1 atom stereocenters. The van der Waals surface area contributed by atoms with Gasteiger partial charge >= 0.3 is 0 Å². The Morgan fingerprint density at radius 1 is 1.11 bits per heavy atom. The lowest BCUT2D eigenvalue weighted by Gasteiger charge is -2.30. The van der Waals surface area contributed by atoms with Crippen molar-refractivity contribution in [3.8, 4) is 0 Å². The minimum atomic E-state index is -0.270. The molecule has 0 aromatic heterocycles. The number of ketones is 1. The van der Waals surface area contributed by atoms with E-state index in [1.54, 1.807) is 0 Å². The largest absolute Gasteiger partial charge is 0.294 e. The van der Waals surface area contributed by atoms with Gasteiger partial charge in [-0.15, -0.1) is 0 Å². The number of rotatable bonds is 8. The summed E-state index contributed by atoms with van der Waals surface area (Å²) in [6, 6.07) is 9.68. The van der Waals surface area contributed by atoms with Gasteiger partial charge in [-0.25, -0.2) is 0 Å². The fraction of sp³-hybridized carbons (Fsp3) is 0.611. The minimum absolute atomic E-state index is 0.270. The van der Waals surface area contributed by atoms with E-state index in [2.05, 4.69) is 27.7 Å². The second-order valence-electron chi connectivity index (χ2n) is 6.17. The molecule has 0 fully saturated rings. The summed E-state index contributed by atoms with van der Waals surface area (Å²) >= 11 is 0. The van der Waals surface area contributed by atoms with E-state index < -0.39 is 0 Å². The maximum Gasteiger partial charge on any atom is 0.168 e. The Morgan fingerprint density at radius 2 is 1.74 bits per heavy atom. The lowest BCUT2D eigenvalue weighted by atomic mass is 9.72. The van der Waals surface area contributed by atoms with Gasteiger partial charge in [-0.05, 0) is 12.3 Å². The molecule has 0 amide bonds. The average molecular weight is 260 g/mol. The first-order valence-corrected chi connectivity index (χ1v) is 7.60. The predicted molar refractivity (Wildman–Crippen MR) is 82.5 cm³/mol. The van der Waals surface area contributed by atoms with Gasteiger partial charge in [-0.2, -0.15) is 0 Å². The second-order valence-corrected chi connectivity index (χ2v) is 6.17. The van der Waals surface area contributed by atoms with Crippen LogP contribution in [0, 0.1) is 11.3 Å². The maximum atomic E-state index is 12.6. The molecule has 1 aromatic carbocycles. The third-order valence-electron chi connectivity index (χ3n) is 4.34. The molecule has 0 aliphatic rings. The summed E-state index contributed by atoms with van der Waals surface area (Å²) in [5, 5.41) is 0. The number of Topliss-reactive ketones (excluding diaryl/α,β-unsaturated/α-hetero) is 1. The van der Waals surface area contributed by atoms with Crippen LogP contribution in [0.5, 0.6) is 0 Å². The van der Waals surface area contributed by atoms with E-state index in [0.29, 0.717) is 5.92 Å². The topological polar surface area (TPSA) is 17.1 Å². The highest BCUT2D eigenvalue weighted by molar-refractivity contribution is 6.00. The summed E-state index contributed by atoms with van der Waals surface area (Å²) in [4.78, 5) is 12.6. The molecule has 1 aromatic rings.